The van der Waals surface area contributed by atoms with Crippen molar-refractivity contribution in [1.29, 1.82) is 0 Å². The average Bonchev–Trinajstić information content (AvgIpc) is 4.03. The highest BCUT2D eigenvalue weighted by molar-refractivity contribution is 8.00. The van der Waals surface area contributed by atoms with Gasteiger partial charge in [0.15, 0.2) is 17.4 Å². The summed E-state index contributed by atoms with van der Waals surface area (Å²) < 4.78 is 8.68. The van der Waals surface area contributed by atoms with Gasteiger partial charge >= 0.3 is 0 Å². The largest absolute Gasteiger partial charge is 0.456 e. The van der Waals surface area contributed by atoms with Crippen LogP contribution in [0.1, 0.15) is 28.8 Å². The number of allylic oxidation sites excluding steroid dienone is 3. The molecule has 8 heteroatoms. The number of hydrogen-bond donors (Lipinski definition) is 1. The van der Waals surface area contributed by atoms with Gasteiger partial charge in [-0.05, 0) is 58.7 Å². The molecule has 3 unspecified atom stereocenters. The number of furan rings is 1. The summed E-state index contributed by atoms with van der Waals surface area (Å²) >= 11 is 1.88. The van der Waals surface area contributed by atoms with Crippen molar-refractivity contribution in [3.8, 4) is 39.9 Å². The second-order valence-corrected chi connectivity index (χ2v) is 17.4. The van der Waals surface area contributed by atoms with Crippen LogP contribution in [0.2, 0.25) is 0 Å². The van der Waals surface area contributed by atoms with Crippen LogP contribution in [0.25, 0.3) is 72.6 Å². The topological polar surface area (TPSA) is 81.1 Å². The third-order valence-corrected chi connectivity index (χ3v) is 13.9. The number of benzene rings is 7. The molecule has 3 aliphatic rings. The first-order valence-corrected chi connectivity index (χ1v) is 22.1. The summed E-state index contributed by atoms with van der Waals surface area (Å²) in [6, 6.07) is 61.1. The van der Waals surface area contributed by atoms with E-state index < -0.39 is 0 Å². The highest BCUT2D eigenvalue weighted by atomic mass is 32.2. The first-order chi connectivity index (χ1) is 31.2. The Morgan fingerprint density at radius 3 is 2.08 bits per heavy atom. The van der Waals surface area contributed by atoms with Gasteiger partial charge in [-0.2, -0.15) is 9.97 Å². The summed E-state index contributed by atoms with van der Waals surface area (Å²) in [7, 11) is 0. The summed E-state index contributed by atoms with van der Waals surface area (Å²) in [5.41, 5.74) is 11.6. The molecule has 63 heavy (non-hydrogen) atoms. The minimum Gasteiger partial charge on any atom is -0.456 e. The van der Waals surface area contributed by atoms with E-state index in [9.17, 15) is 0 Å². The van der Waals surface area contributed by atoms with Gasteiger partial charge < -0.3 is 9.73 Å². The first-order valence-electron chi connectivity index (χ1n) is 21.2. The molecule has 7 nitrogen and oxygen atoms in total. The molecule has 1 N–H and O–H groups in total. The molecule has 3 atom stereocenters. The van der Waals surface area contributed by atoms with Crippen LogP contribution in [0.4, 0.5) is 5.69 Å². The average molecular weight is 829 g/mol. The highest BCUT2D eigenvalue weighted by Gasteiger charge is 2.40. The van der Waals surface area contributed by atoms with Gasteiger partial charge in [0, 0.05) is 48.9 Å². The third kappa shape index (κ3) is 5.90. The quantitative estimate of drug-likeness (QED) is 0.180. The molecule has 5 heterocycles. The second-order valence-electron chi connectivity index (χ2n) is 16.2. The maximum atomic E-state index is 6.49. The second kappa shape index (κ2) is 14.4. The number of hydrogen-bond acceptors (Lipinski definition) is 7. The van der Waals surface area contributed by atoms with Gasteiger partial charge in [0.2, 0.25) is 5.95 Å². The Morgan fingerprint density at radius 2 is 1.25 bits per heavy atom. The van der Waals surface area contributed by atoms with E-state index in [1.807, 2.05) is 48.2 Å². The predicted molar refractivity (Wildman–Crippen MR) is 255 cm³/mol. The van der Waals surface area contributed by atoms with Crippen LogP contribution in [-0.4, -0.2) is 30.6 Å². The Kier molecular flexibility index (Phi) is 8.20. The van der Waals surface area contributed by atoms with Crippen molar-refractivity contribution in [2.75, 3.05) is 0 Å². The van der Waals surface area contributed by atoms with E-state index in [4.69, 9.17) is 24.4 Å². The third-order valence-electron chi connectivity index (χ3n) is 12.5. The fourth-order valence-electron chi connectivity index (χ4n) is 9.52. The lowest BCUT2D eigenvalue weighted by Crippen LogP contribution is -2.36. The number of thioether (sulfide) groups is 1. The van der Waals surface area contributed by atoms with E-state index >= 15 is 0 Å². The van der Waals surface area contributed by atoms with E-state index in [0.717, 1.165) is 72.3 Å². The van der Waals surface area contributed by atoms with Gasteiger partial charge in [0.25, 0.3) is 0 Å². The van der Waals surface area contributed by atoms with Crippen LogP contribution < -0.4 is 5.32 Å². The molecular weight excluding hydrogens is 793 g/mol. The monoisotopic (exact) mass is 828 g/mol. The Morgan fingerprint density at radius 1 is 0.571 bits per heavy atom. The van der Waals surface area contributed by atoms with Crippen molar-refractivity contribution in [3.05, 3.63) is 217 Å². The number of nitrogens with zero attached hydrogens (tertiary/aromatic N) is 5. The lowest BCUT2D eigenvalue weighted by molar-refractivity contribution is 0.503. The minimum atomic E-state index is -0.177. The van der Waals surface area contributed by atoms with Crippen LogP contribution in [0.5, 0.6) is 0 Å². The Labute approximate surface area is 367 Å². The molecule has 3 aromatic heterocycles. The van der Waals surface area contributed by atoms with E-state index in [1.54, 1.807) is 0 Å². The fourth-order valence-corrected chi connectivity index (χ4v) is 11.0. The molecular formula is C55H36N6OS. The molecule has 0 saturated heterocycles. The zero-order valence-corrected chi connectivity index (χ0v) is 34.6. The van der Waals surface area contributed by atoms with Crippen LogP contribution in [0.3, 0.4) is 0 Å². The van der Waals surface area contributed by atoms with E-state index in [2.05, 4.69) is 168 Å². The first kappa shape index (κ1) is 35.9. The van der Waals surface area contributed by atoms with Crippen LogP contribution in [-0.2, 0) is 0 Å². The molecule has 298 valence electrons. The van der Waals surface area contributed by atoms with Gasteiger partial charge in [-0.3, -0.25) is 4.57 Å². The minimum absolute atomic E-state index is 0.120. The molecule has 0 fully saturated rings. The van der Waals surface area contributed by atoms with Crippen LogP contribution >= 0.6 is 11.8 Å². The number of fused-ring (bicyclic) bond motifs is 9. The van der Waals surface area contributed by atoms with Crippen LogP contribution in [0.15, 0.2) is 214 Å². The van der Waals surface area contributed by atoms with Gasteiger partial charge in [0.1, 0.15) is 23.1 Å². The fraction of sp³-hybridized carbons (Fsp3) is 0.0545. The summed E-state index contributed by atoms with van der Waals surface area (Å²) in [4.78, 5) is 22.2. The molecule has 7 aromatic carbocycles. The molecule has 13 rings (SSSR count). The van der Waals surface area contributed by atoms with Crippen molar-refractivity contribution in [2.24, 2.45) is 4.99 Å². The van der Waals surface area contributed by atoms with Crippen molar-refractivity contribution >= 4 is 56.1 Å². The maximum Gasteiger partial charge on any atom is 0.238 e. The van der Waals surface area contributed by atoms with Crippen LogP contribution in [0, 0.1) is 0 Å². The SMILES string of the molecule is C1=CC2c3ccc(-c4nc(-c5ccccc5)nc(-n5c6ccccc6c6cc(-c7ccccc7)ccc65)n4)cc3SC2C(C2=Nc3c(oc4ccccc34)C(c3ccccc3)N2)=C1. The molecule has 1 aliphatic carbocycles. The van der Waals surface area contributed by atoms with Gasteiger partial charge in [0.05, 0.1) is 11.0 Å². The zero-order chi connectivity index (χ0) is 41.4. The van der Waals surface area contributed by atoms with Gasteiger partial charge in [-0.15, -0.1) is 11.8 Å². The number of amidine groups is 1. The predicted octanol–water partition coefficient (Wildman–Crippen LogP) is 13.2. The number of nitrogens with one attached hydrogen (secondary N) is 1. The standard InChI is InChI=1S/C55H36N6OS/c1-4-15-33(16-5-1)36-28-30-45-43(31-36)38-21-10-12-25-44(38)61(45)55-59-52(35-19-8-3-9-20-35)58-53(60-55)37-27-29-39-40-23-14-24-42(51(40)63-47(39)32-37)54-56-48(34-17-6-2-7-18-34)50-49(57-54)41-22-11-13-26-46(41)62-50/h1-32,40,48,51H,(H,56,57). The molecule has 10 aromatic rings. The van der Waals surface area contributed by atoms with E-state index in [1.165, 1.54) is 21.6 Å². The zero-order valence-electron chi connectivity index (χ0n) is 33.8. The van der Waals surface area contributed by atoms with Crippen molar-refractivity contribution in [3.63, 3.8) is 0 Å². The summed E-state index contributed by atoms with van der Waals surface area (Å²) in [6.45, 7) is 0. The van der Waals surface area contributed by atoms with Crippen molar-refractivity contribution in [2.45, 2.75) is 22.1 Å². The summed E-state index contributed by atoms with van der Waals surface area (Å²) in [5.74, 6) is 3.71. The molecule has 0 saturated carbocycles. The molecule has 0 amide bonds. The molecule has 0 spiro atoms. The number of rotatable bonds is 6. The van der Waals surface area contributed by atoms with E-state index in [-0.39, 0.29) is 17.2 Å². The molecule has 0 bridgehead atoms. The maximum absolute atomic E-state index is 6.49. The normalized spacial score (nSPS) is 17.6. The van der Waals surface area contributed by atoms with Crippen molar-refractivity contribution in [1.82, 2.24) is 24.8 Å². The lowest BCUT2D eigenvalue weighted by atomic mass is 9.86. The highest BCUT2D eigenvalue weighted by Crippen LogP contribution is 2.53. The Balaban J connectivity index is 0.905. The number of para-hydroxylation sites is 2. The summed E-state index contributed by atoms with van der Waals surface area (Å²) in [5, 5.41) is 7.25. The Bertz CT molecular complexity index is 3540. The van der Waals surface area contributed by atoms with Crippen molar-refractivity contribution < 1.29 is 4.42 Å². The number of aliphatic imine (C=N–C) groups is 1. The van der Waals surface area contributed by atoms with E-state index in [0.29, 0.717) is 17.6 Å². The van der Waals surface area contributed by atoms with Gasteiger partial charge in [-0.25, -0.2) is 9.98 Å². The number of aromatic nitrogens is 4. The lowest BCUT2D eigenvalue weighted by Gasteiger charge is -2.30. The molecule has 0 radical (unpaired) electrons. The Hall–Kier alpha value is -7.81. The molecule has 2 aliphatic heterocycles. The summed E-state index contributed by atoms with van der Waals surface area (Å²) in [6.07, 6.45) is 6.73. The van der Waals surface area contributed by atoms with Gasteiger partial charge in [-0.1, -0.05) is 158 Å². The smallest absolute Gasteiger partial charge is 0.238 e.